The molecule has 0 aliphatic rings. The molecule has 0 spiro atoms. The smallest absolute Gasteiger partial charge is 0.233 e. The number of nitrogens with zero attached hydrogens (tertiary/aromatic N) is 3. The van der Waals surface area contributed by atoms with Crippen molar-refractivity contribution in [3.8, 4) is 5.75 Å². The highest BCUT2D eigenvalue weighted by molar-refractivity contribution is 5.51. The molecule has 21 heavy (non-hydrogen) atoms. The number of imidazole rings is 1. The first-order chi connectivity index (χ1) is 10.3. The van der Waals surface area contributed by atoms with E-state index in [0.717, 1.165) is 16.9 Å². The molecule has 1 aromatic carbocycles. The molecule has 0 unspecified atom stereocenters. The second-order valence-corrected chi connectivity index (χ2v) is 4.58. The van der Waals surface area contributed by atoms with Crippen LogP contribution < -0.4 is 10.1 Å². The van der Waals surface area contributed by atoms with Gasteiger partial charge in [-0.1, -0.05) is 0 Å². The van der Waals surface area contributed by atoms with Crippen LogP contribution in [0.25, 0.3) is 5.78 Å². The van der Waals surface area contributed by atoms with E-state index in [4.69, 9.17) is 4.74 Å². The second kappa shape index (κ2) is 5.80. The Bertz CT molecular complexity index is 754. The van der Waals surface area contributed by atoms with Gasteiger partial charge >= 0.3 is 0 Å². The average Bonchev–Trinajstić information content (AvgIpc) is 2.96. The number of hydrogen-bond acceptors (Lipinski definition) is 5. The topological polar surface area (TPSA) is 71.7 Å². The van der Waals surface area contributed by atoms with Crippen LogP contribution in [0.1, 0.15) is 11.3 Å². The van der Waals surface area contributed by atoms with Crippen LogP contribution in [-0.4, -0.2) is 26.6 Å². The van der Waals surface area contributed by atoms with Crippen molar-refractivity contribution < 1.29 is 9.84 Å². The van der Waals surface area contributed by atoms with E-state index >= 15 is 0 Å². The van der Waals surface area contributed by atoms with Gasteiger partial charge in [-0.15, -0.1) is 0 Å². The first-order valence-corrected chi connectivity index (χ1v) is 6.60. The first-order valence-electron chi connectivity index (χ1n) is 6.60. The van der Waals surface area contributed by atoms with E-state index in [1.165, 1.54) is 0 Å². The van der Waals surface area contributed by atoms with Gasteiger partial charge in [-0.3, -0.25) is 4.40 Å². The summed E-state index contributed by atoms with van der Waals surface area (Å²) in [5.74, 6) is 1.36. The third-order valence-electron chi connectivity index (χ3n) is 3.29. The van der Waals surface area contributed by atoms with Gasteiger partial charge in [-0.2, -0.15) is 0 Å². The fourth-order valence-electron chi connectivity index (χ4n) is 2.21. The zero-order valence-electron chi connectivity index (χ0n) is 11.7. The number of nitrogens with one attached hydrogen (secondary N) is 1. The highest BCUT2D eigenvalue weighted by Crippen LogP contribution is 2.23. The summed E-state index contributed by atoms with van der Waals surface area (Å²) in [7, 11) is 1.59. The second-order valence-electron chi connectivity index (χ2n) is 4.58. The van der Waals surface area contributed by atoms with Crippen LogP contribution in [0.3, 0.4) is 0 Å². The minimum Gasteiger partial charge on any atom is -0.496 e. The summed E-state index contributed by atoms with van der Waals surface area (Å²) in [5, 5.41) is 12.6. The van der Waals surface area contributed by atoms with Gasteiger partial charge in [-0.05, 0) is 24.3 Å². The molecule has 3 rings (SSSR count). The van der Waals surface area contributed by atoms with Crippen LogP contribution in [0, 0.1) is 0 Å². The van der Waals surface area contributed by atoms with Crippen LogP contribution in [0.4, 0.5) is 5.69 Å². The maximum absolute atomic E-state index is 9.34. The van der Waals surface area contributed by atoms with E-state index in [0.29, 0.717) is 18.1 Å². The van der Waals surface area contributed by atoms with E-state index in [9.17, 15) is 5.11 Å². The Balaban J connectivity index is 1.78. The molecule has 0 saturated heterocycles. The highest BCUT2D eigenvalue weighted by Gasteiger charge is 2.05. The molecule has 0 fully saturated rings. The Kier molecular flexibility index (Phi) is 3.70. The van der Waals surface area contributed by atoms with E-state index in [2.05, 4.69) is 15.3 Å². The molecule has 0 radical (unpaired) electrons. The Hall–Kier alpha value is -2.60. The lowest BCUT2D eigenvalue weighted by Crippen LogP contribution is -2.03. The van der Waals surface area contributed by atoms with Crippen LogP contribution in [0.2, 0.25) is 0 Å². The molecule has 2 N–H and O–H groups in total. The fourth-order valence-corrected chi connectivity index (χ4v) is 2.21. The van der Waals surface area contributed by atoms with Gasteiger partial charge in [-0.25, -0.2) is 9.97 Å². The molecule has 6 nitrogen and oxygen atoms in total. The number of methoxy groups -OCH3 is 1. The average molecular weight is 284 g/mol. The lowest BCUT2D eigenvalue weighted by Gasteiger charge is -2.10. The van der Waals surface area contributed by atoms with Crippen molar-refractivity contribution in [2.24, 2.45) is 0 Å². The summed E-state index contributed by atoms with van der Waals surface area (Å²) in [4.78, 5) is 8.43. The van der Waals surface area contributed by atoms with Gasteiger partial charge in [0, 0.05) is 23.6 Å². The third kappa shape index (κ3) is 2.66. The maximum atomic E-state index is 9.34. The van der Waals surface area contributed by atoms with Crippen molar-refractivity contribution >= 4 is 11.5 Å². The van der Waals surface area contributed by atoms with E-state index in [-0.39, 0.29) is 6.61 Å². The molecule has 108 valence electrons. The first kappa shape index (κ1) is 13.4. The van der Waals surface area contributed by atoms with Crippen molar-refractivity contribution in [3.63, 3.8) is 0 Å². The molecular weight excluding hydrogens is 268 g/mol. The van der Waals surface area contributed by atoms with Gasteiger partial charge in [0.1, 0.15) is 5.75 Å². The van der Waals surface area contributed by atoms with Crippen LogP contribution in [-0.2, 0) is 13.2 Å². The summed E-state index contributed by atoms with van der Waals surface area (Å²) in [6.45, 7) is 0.558. The summed E-state index contributed by atoms with van der Waals surface area (Å²) >= 11 is 0. The molecule has 6 heteroatoms. The van der Waals surface area contributed by atoms with Crippen molar-refractivity contribution in [2.75, 3.05) is 12.4 Å². The van der Waals surface area contributed by atoms with E-state index in [1.807, 2.05) is 34.9 Å². The van der Waals surface area contributed by atoms with Gasteiger partial charge in [0.2, 0.25) is 5.78 Å². The number of fused-ring (bicyclic) bond motifs is 1. The lowest BCUT2D eigenvalue weighted by molar-refractivity contribution is 0.274. The Labute approximate surface area is 122 Å². The number of aliphatic hydroxyl groups excluding tert-OH is 1. The van der Waals surface area contributed by atoms with Gasteiger partial charge in [0.05, 0.1) is 32.2 Å². The van der Waals surface area contributed by atoms with Gasteiger partial charge < -0.3 is 15.2 Å². The van der Waals surface area contributed by atoms with Gasteiger partial charge in [0.25, 0.3) is 0 Å². The zero-order valence-corrected chi connectivity index (χ0v) is 11.7. The van der Waals surface area contributed by atoms with Crippen LogP contribution in [0.5, 0.6) is 5.75 Å². The van der Waals surface area contributed by atoms with Gasteiger partial charge in [0.15, 0.2) is 0 Å². The molecule has 0 atom stereocenters. The van der Waals surface area contributed by atoms with Crippen LogP contribution in [0.15, 0.2) is 42.9 Å². The third-order valence-corrected chi connectivity index (χ3v) is 3.29. The molecule has 2 heterocycles. The zero-order chi connectivity index (χ0) is 14.7. The number of anilines is 1. The number of rotatable bonds is 5. The molecule has 0 aliphatic carbocycles. The number of benzene rings is 1. The Morgan fingerprint density at radius 3 is 3.05 bits per heavy atom. The number of hydrogen-bond donors (Lipinski definition) is 2. The SMILES string of the molecule is COc1ccc(NCc2cnc3ncccn23)cc1CO. The number of aliphatic hydroxyl groups is 1. The Morgan fingerprint density at radius 2 is 2.24 bits per heavy atom. The standard InChI is InChI=1S/C15H16N4O2/c1-21-14-4-3-12(7-11(14)10-20)17-8-13-9-18-15-16-5-2-6-19(13)15/h2-7,9,17,20H,8,10H2,1H3. The molecule has 3 aromatic rings. The molecule has 2 aromatic heterocycles. The summed E-state index contributed by atoms with van der Waals surface area (Å²) in [5.41, 5.74) is 2.68. The highest BCUT2D eigenvalue weighted by atomic mass is 16.5. The normalized spacial score (nSPS) is 10.8. The summed E-state index contributed by atoms with van der Waals surface area (Å²) < 4.78 is 7.12. The number of aromatic nitrogens is 3. The summed E-state index contributed by atoms with van der Waals surface area (Å²) in [6, 6.07) is 7.50. The predicted molar refractivity (Wildman–Crippen MR) is 79.2 cm³/mol. The fraction of sp³-hybridized carbons (Fsp3) is 0.200. The van der Waals surface area contributed by atoms with E-state index in [1.54, 1.807) is 19.5 Å². The number of ether oxygens (including phenoxy) is 1. The van der Waals surface area contributed by atoms with Crippen molar-refractivity contribution in [1.29, 1.82) is 0 Å². The molecule has 0 bridgehead atoms. The molecule has 0 aliphatic heterocycles. The molecule has 0 amide bonds. The van der Waals surface area contributed by atoms with Crippen LogP contribution >= 0.6 is 0 Å². The minimum atomic E-state index is -0.0573. The Morgan fingerprint density at radius 1 is 1.33 bits per heavy atom. The maximum Gasteiger partial charge on any atom is 0.233 e. The largest absolute Gasteiger partial charge is 0.496 e. The van der Waals surface area contributed by atoms with Crippen molar-refractivity contribution in [3.05, 3.63) is 54.1 Å². The summed E-state index contributed by atoms with van der Waals surface area (Å²) in [6.07, 6.45) is 5.45. The lowest BCUT2D eigenvalue weighted by atomic mass is 10.2. The molecular formula is C15H16N4O2. The molecule has 0 saturated carbocycles. The quantitative estimate of drug-likeness (QED) is 0.748. The monoisotopic (exact) mass is 284 g/mol. The van der Waals surface area contributed by atoms with E-state index < -0.39 is 0 Å². The van der Waals surface area contributed by atoms with Crippen molar-refractivity contribution in [1.82, 2.24) is 14.4 Å². The van der Waals surface area contributed by atoms with Crippen molar-refractivity contribution in [2.45, 2.75) is 13.2 Å². The minimum absolute atomic E-state index is 0.0573. The predicted octanol–water partition coefficient (Wildman–Crippen LogP) is 1.84.